The Labute approximate surface area is 135 Å². The van der Waals surface area contributed by atoms with Crippen LogP contribution >= 0.6 is 11.6 Å². The van der Waals surface area contributed by atoms with Gasteiger partial charge in [0.05, 0.1) is 18.2 Å². The van der Waals surface area contributed by atoms with Crippen molar-refractivity contribution in [3.63, 3.8) is 0 Å². The van der Waals surface area contributed by atoms with Crippen LogP contribution in [-0.4, -0.2) is 6.54 Å². The zero-order valence-electron chi connectivity index (χ0n) is 12.2. The molecular weight excluding hydrogens is 296 g/mol. The van der Waals surface area contributed by atoms with Crippen molar-refractivity contribution in [2.75, 3.05) is 6.54 Å². The molecule has 0 fully saturated rings. The summed E-state index contributed by atoms with van der Waals surface area (Å²) in [7, 11) is 0. The number of hydrogen-bond donors (Lipinski definition) is 1. The van der Waals surface area contributed by atoms with E-state index in [9.17, 15) is 0 Å². The van der Waals surface area contributed by atoms with E-state index in [2.05, 4.69) is 6.07 Å². The molecule has 0 radical (unpaired) electrons. The average molecular weight is 313 g/mol. The van der Waals surface area contributed by atoms with Crippen LogP contribution in [0, 0.1) is 11.3 Å². The highest BCUT2D eigenvalue weighted by atomic mass is 35.5. The monoisotopic (exact) mass is 312 g/mol. The van der Waals surface area contributed by atoms with Crippen molar-refractivity contribution in [2.45, 2.75) is 25.0 Å². The highest BCUT2D eigenvalue weighted by Gasteiger charge is 2.41. The molecule has 0 saturated carbocycles. The maximum absolute atomic E-state index is 9.07. The number of benzene rings is 2. The van der Waals surface area contributed by atoms with E-state index in [0.29, 0.717) is 23.7 Å². The molecule has 0 amide bonds. The molecule has 0 aromatic heterocycles. The summed E-state index contributed by atoms with van der Waals surface area (Å²) in [6, 6.07) is 15.7. The second kappa shape index (κ2) is 6.10. The third kappa shape index (κ3) is 2.50. The van der Waals surface area contributed by atoms with Crippen LogP contribution in [0.25, 0.3) is 0 Å². The summed E-state index contributed by atoms with van der Waals surface area (Å²) < 4.78 is 6.23. The van der Waals surface area contributed by atoms with Gasteiger partial charge in [-0.3, -0.25) is 0 Å². The molecule has 4 heteroatoms. The maximum atomic E-state index is 9.07. The predicted octanol–water partition coefficient (Wildman–Crippen LogP) is 3.72. The Hall–Kier alpha value is -1.86. The summed E-state index contributed by atoms with van der Waals surface area (Å²) in [5.74, 6) is 0. The number of nitrogens with zero attached hydrogens (tertiary/aromatic N) is 1. The molecule has 2 aromatic carbocycles. The lowest BCUT2D eigenvalue weighted by Gasteiger charge is -2.30. The third-order valence-electron chi connectivity index (χ3n) is 4.19. The van der Waals surface area contributed by atoms with E-state index in [4.69, 9.17) is 27.3 Å². The SMILES string of the molecule is N#Cc1ccc2c(c1)CO[C@]2(CCCN)c1ccc(Cl)cc1. The summed E-state index contributed by atoms with van der Waals surface area (Å²) >= 11 is 6.01. The molecule has 0 unspecified atom stereocenters. The highest BCUT2D eigenvalue weighted by Crippen LogP contribution is 2.45. The fourth-order valence-corrected chi connectivity index (χ4v) is 3.24. The minimum Gasteiger partial charge on any atom is -0.361 e. The molecule has 1 heterocycles. The lowest BCUT2D eigenvalue weighted by atomic mass is 9.81. The van der Waals surface area contributed by atoms with Crippen LogP contribution in [0.5, 0.6) is 0 Å². The van der Waals surface area contributed by atoms with Gasteiger partial charge in [0.1, 0.15) is 5.60 Å². The van der Waals surface area contributed by atoms with Gasteiger partial charge < -0.3 is 10.5 Å². The molecule has 0 spiro atoms. The number of rotatable bonds is 4. The number of nitriles is 1. The minimum atomic E-state index is -0.493. The van der Waals surface area contributed by atoms with Crippen molar-refractivity contribution in [2.24, 2.45) is 5.73 Å². The van der Waals surface area contributed by atoms with Gasteiger partial charge in [0.25, 0.3) is 0 Å². The first-order valence-corrected chi connectivity index (χ1v) is 7.71. The summed E-state index contributed by atoms with van der Waals surface area (Å²) in [6.45, 7) is 1.13. The van der Waals surface area contributed by atoms with Gasteiger partial charge in [-0.05, 0) is 60.3 Å². The Morgan fingerprint density at radius 2 is 2.00 bits per heavy atom. The van der Waals surface area contributed by atoms with Crippen LogP contribution in [0.1, 0.15) is 35.1 Å². The van der Waals surface area contributed by atoms with Crippen LogP contribution in [-0.2, 0) is 16.9 Å². The first-order chi connectivity index (χ1) is 10.7. The van der Waals surface area contributed by atoms with Crippen molar-refractivity contribution >= 4 is 11.6 Å². The molecule has 1 atom stereocenters. The average Bonchev–Trinajstić information content (AvgIpc) is 2.92. The van der Waals surface area contributed by atoms with Gasteiger partial charge in [-0.1, -0.05) is 29.8 Å². The molecule has 22 heavy (non-hydrogen) atoms. The van der Waals surface area contributed by atoms with Gasteiger partial charge in [0, 0.05) is 5.02 Å². The van der Waals surface area contributed by atoms with Gasteiger partial charge in [0.2, 0.25) is 0 Å². The zero-order valence-corrected chi connectivity index (χ0v) is 12.9. The quantitative estimate of drug-likeness (QED) is 0.936. The third-order valence-corrected chi connectivity index (χ3v) is 4.44. The van der Waals surface area contributed by atoms with E-state index in [1.54, 1.807) is 0 Å². The van der Waals surface area contributed by atoms with Gasteiger partial charge in [-0.25, -0.2) is 0 Å². The minimum absolute atomic E-state index is 0.493. The maximum Gasteiger partial charge on any atom is 0.119 e. The molecule has 3 rings (SSSR count). The molecule has 0 saturated heterocycles. The van der Waals surface area contributed by atoms with E-state index in [1.807, 2.05) is 42.5 Å². The Morgan fingerprint density at radius 1 is 1.23 bits per heavy atom. The summed E-state index contributed by atoms with van der Waals surface area (Å²) in [4.78, 5) is 0. The van der Waals surface area contributed by atoms with Crippen LogP contribution in [0.4, 0.5) is 0 Å². The van der Waals surface area contributed by atoms with Crippen molar-refractivity contribution in [3.8, 4) is 6.07 Å². The van der Waals surface area contributed by atoms with E-state index >= 15 is 0 Å². The number of ether oxygens (including phenoxy) is 1. The summed E-state index contributed by atoms with van der Waals surface area (Å²) in [6.07, 6.45) is 1.67. The highest BCUT2D eigenvalue weighted by molar-refractivity contribution is 6.30. The number of nitrogens with two attached hydrogens (primary N) is 1. The molecule has 0 bridgehead atoms. The van der Waals surface area contributed by atoms with Crippen LogP contribution < -0.4 is 5.73 Å². The lowest BCUT2D eigenvalue weighted by Crippen LogP contribution is -2.28. The fourth-order valence-electron chi connectivity index (χ4n) is 3.12. The molecule has 0 aliphatic carbocycles. The van der Waals surface area contributed by atoms with Gasteiger partial charge >= 0.3 is 0 Å². The Morgan fingerprint density at radius 3 is 2.68 bits per heavy atom. The van der Waals surface area contributed by atoms with Gasteiger partial charge in [-0.2, -0.15) is 5.26 Å². The predicted molar refractivity (Wildman–Crippen MR) is 86.5 cm³/mol. The van der Waals surface area contributed by atoms with Crippen LogP contribution in [0.2, 0.25) is 5.02 Å². The van der Waals surface area contributed by atoms with E-state index < -0.39 is 5.60 Å². The summed E-state index contributed by atoms with van der Waals surface area (Å²) in [5.41, 5.74) is 9.16. The largest absolute Gasteiger partial charge is 0.361 e. The number of fused-ring (bicyclic) bond motifs is 1. The molecule has 3 nitrogen and oxygen atoms in total. The van der Waals surface area contributed by atoms with Crippen molar-refractivity contribution in [1.29, 1.82) is 5.26 Å². The second-order valence-electron chi connectivity index (χ2n) is 5.50. The first kappa shape index (κ1) is 15.1. The van der Waals surface area contributed by atoms with Crippen molar-refractivity contribution in [3.05, 3.63) is 69.7 Å². The molecule has 1 aliphatic rings. The zero-order chi connectivity index (χ0) is 15.6. The topological polar surface area (TPSA) is 59.0 Å². The molecular formula is C18H17ClN2O. The Kier molecular flexibility index (Phi) is 4.17. The molecule has 112 valence electrons. The normalized spacial score (nSPS) is 19.7. The number of hydrogen-bond acceptors (Lipinski definition) is 3. The van der Waals surface area contributed by atoms with Gasteiger partial charge in [-0.15, -0.1) is 0 Å². The Balaban J connectivity index is 2.10. The van der Waals surface area contributed by atoms with Crippen LogP contribution in [0.3, 0.4) is 0 Å². The van der Waals surface area contributed by atoms with E-state index in [1.165, 1.54) is 0 Å². The first-order valence-electron chi connectivity index (χ1n) is 7.33. The van der Waals surface area contributed by atoms with E-state index in [0.717, 1.165) is 29.5 Å². The van der Waals surface area contributed by atoms with Gasteiger partial charge in [0.15, 0.2) is 0 Å². The lowest BCUT2D eigenvalue weighted by molar-refractivity contribution is -0.0125. The smallest absolute Gasteiger partial charge is 0.119 e. The fraction of sp³-hybridized carbons (Fsp3) is 0.278. The Bertz CT molecular complexity index is 721. The summed E-state index contributed by atoms with van der Waals surface area (Å²) in [5, 5.41) is 9.77. The van der Waals surface area contributed by atoms with Crippen LogP contribution in [0.15, 0.2) is 42.5 Å². The van der Waals surface area contributed by atoms with E-state index in [-0.39, 0.29) is 0 Å². The van der Waals surface area contributed by atoms with Crippen molar-refractivity contribution in [1.82, 2.24) is 0 Å². The second-order valence-corrected chi connectivity index (χ2v) is 5.93. The standard InChI is InChI=1S/C18H17ClN2O/c19-16-5-3-15(4-6-16)18(8-1-9-20)17-7-2-13(11-21)10-14(17)12-22-18/h2-7,10H,1,8-9,12,20H2/t18-/m1/s1. The molecule has 2 N–H and O–H groups in total. The number of halogens is 1. The molecule has 1 aliphatic heterocycles. The van der Waals surface area contributed by atoms with Crippen molar-refractivity contribution < 1.29 is 4.74 Å². The molecule has 2 aromatic rings.